The van der Waals surface area contributed by atoms with Gasteiger partial charge in [0.15, 0.2) is 0 Å². The van der Waals surface area contributed by atoms with Crippen molar-refractivity contribution < 1.29 is 18.0 Å². The molecule has 0 saturated heterocycles. The average Bonchev–Trinajstić information content (AvgIpc) is 2.45. The van der Waals surface area contributed by atoms with Gasteiger partial charge in [0, 0.05) is 12.6 Å². The Labute approximate surface area is 119 Å². The number of benzene rings is 2. The molecule has 1 amide bonds. The van der Waals surface area contributed by atoms with Gasteiger partial charge in [-0.15, -0.1) is 0 Å². The molecule has 2 N–H and O–H groups in total. The molecule has 0 aromatic heterocycles. The van der Waals surface area contributed by atoms with Gasteiger partial charge in [0.2, 0.25) is 0 Å². The van der Waals surface area contributed by atoms with Crippen LogP contribution in [0.5, 0.6) is 0 Å². The molecule has 6 heteroatoms. The van der Waals surface area contributed by atoms with Gasteiger partial charge >= 0.3 is 6.18 Å². The maximum atomic E-state index is 12.8. The van der Waals surface area contributed by atoms with Crippen LogP contribution in [0.25, 0.3) is 0 Å². The first-order chi connectivity index (χ1) is 9.82. The third kappa shape index (κ3) is 2.99. The highest BCUT2D eigenvalue weighted by Gasteiger charge is 2.34. The second-order valence-electron chi connectivity index (χ2n) is 4.47. The number of hydrogen-bond acceptors (Lipinski definition) is 2. The summed E-state index contributed by atoms with van der Waals surface area (Å²) in [5.41, 5.74) is 4.56. The van der Waals surface area contributed by atoms with Gasteiger partial charge in [-0.3, -0.25) is 4.79 Å². The van der Waals surface area contributed by atoms with E-state index >= 15 is 0 Å². The van der Waals surface area contributed by atoms with Crippen molar-refractivity contribution in [3.63, 3.8) is 0 Å². The molecule has 0 bridgehead atoms. The number of halogens is 3. The van der Waals surface area contributed by atoms with Gasteiger partial charge in [0.05, 0.1) is 16.9 Å². The third-order valence-corrected chi connectivity index (χ3v) is 3.08. The predicted molar refractivity (Wildman–Crippen MR) is 75.0 cm³/mol. The molecule has 0 aliphatic carbocycles. The number of amides is 1. The SMILES string of the molecule is CN(C(=O)c1ccccc1)c1cccc(C(F)(F)F)c1N. The molecule has 3 nitrogen and oxygen atoms in total. The van der Waals surface area contributed by atoms with E-state index in [9.17, 15) is 18.0 Å². The van der Waals surface area contributed by atoms with Gasteiger partial charge in [0.1, 0.15) is 0 Å². The Bertz CT molecular complexity index is 654. The van der Waals surface area contributed by atoms with Crippen LogP contribution >= 0.6 is 0 Å². The van der Waals surface area contributed by atoms with Gasteiger partial charge in [-0.25, -0.2) is 0 Å². The summed E-state index contributed by atoms with van der Waals surface area (Å²) in [7, 11) is 1.39. The van der Waals surface area contributed by atoms with E-state index in [4.69, 9.17) is 5.73 Å². The van der Waals surface area contributed by atoms with Crippen molar-refractivity contribution in [2.45, 2.75) is 6.18 Å². The van der Waals surface area contributed by atoms with Crippen molar-refractivity contribution in [1.29, 1.82) is 0 Å². The molecule has 2 rings (SSSR count). The molecular weight excluding hydrogens is 281 g/mol. The van der Waals surface area contributed by atoms with Crippen LogP contribution in [0.1, 0.15) is 15.9 Å². The summed E-state index contributed by atoms with van der Waals surface area (Å²) in [6.07, 6.45) is -4.56. The van der Waals surface area contributed by atoms with E-state index in [0.717, 1.165) is 11.0 Å². The second kappa shape index (κ2) is 5.47. The van der Waals surface area contributed by atoms with Gasteiger partial charge in [0.25, 0.3) is 5.91 Å². The van der Waals surface area contributed by atoms with Crippen LogP contribution in [0.2, 0.25) is 0 Å². The summed E-state index contributed by atoms with van der Waals surface area (Å²) in [4.78, 5) is 13.4. The van der Waals surface area contributed by atoms with Crippen LogP contribution in [0.3, 0.4) is 0 Å². The van der Waals surface area contributed by atoms with Gasteiger partial charge in [-0.1, -0.05) is 24.3 Å². The zero-order valence-corrected chi connectivity index (χ0v) is 11.2. The van der Waals surface area contributed by atoms with Gasteiger partial charge in [-0.05, 0) is 24.3 Å². The Kier molecular flexibility index (Phi) is 3.88. The molecule has 21 heavy (non-hydrogen) atoms. The predicted octanol–water partition coefficient (Wildman–Crippen LogP) is 3.56. The lowest BCUT2D eigenvalue weighted by Crippen LogP contribution is -2.27. The maximum Gasteiger partial charge on any atom is 0.418 e. The summed E-state index contributed by atoms with van der Waals surface area (Å²) in [6, 6.07) is 11.8. The molecule has 0 saturated carbocycles. The standard InChI is InChI=1S/C15H13F3N2O/c1-20(14(21)10-6-3-2-4-7-10)12-9-5-8-11(13(12)19)15(16,17)18/h2-9H,19H2,1H3. The van der Waals surface area contributed by atoms with Crippen molar-refractivity contribution in [3.8, 4) is 0 Å². The number of nitrogen functional groups attached to an aromatic ring is 1. The highest BCUT2D eigenvalue weighted by molar-refractivity contribution is 6.07. The molecule has 0 atom stereocenters. The molecule has 2 aromatic rings. The Hall–Kier alpha value is -2.50. The normalized spacial score (nSPS) is 11.2. The lowest BCUT2D eigenvalue weighted by Gasteiger charge is -2.21. The Morgan fingerprint density at radius 3 is 2.24 bits per heavy atom. The fourth-order valence-electron chi connectivity index (χ4n) is 1.98. The van der Waals surface area contributed by atoms with E-state index in [0.29, 0.717) is 5.56 Å². The maximum absolute atomic E-state index is 12.8. The van der Waals surface area contributed by atoms with E-state index in [1.807, 2.05) is 0 Å². The van der Waals surface area contributed by atoms with E-state index in [-0.39, 0.29) is 5.69 Å². The molecule has 0 aliphatic rings. The van der Waals surface area contributed by atoms with Crippen LogP contribution < -0.4 is 10.6 Å². The number of anilines is 2. The van der Waals surface area contributed by atoms with Crippen LogP contribution in [-0.2, 0) is 6.18 Å². The molecule has 2 aromatic carbocycles. The number of alkyl halides is 3. The Morgan fingerprint density at radius 2 is 1.67 bits per heavy atom. The Balaban J connectivity index is 2.41. The zero-order valence-electron chi connectivity index (χ0n) is 11.2. The first kappa shape index (κ1) is 14.9. The molecule has 0 spiro atoms. The first-order valence-corrected chi connectivity index (χ1v) is 6.11. The zero-order chi connectivity index (χ0) is 15.6. The summed E-state index contributed by atoms with van der Waals surface area (Å²) < 4.78 is 38.5. The van der Waals surface area contributed by atoms with Crippen molar-refractivity contribution >= 4 is 17.3 Å². The van der Waals surface area contributed by atoms with Crippen molar-refractivity contribution in [3.05, 3.63) is 59.7 Å². The van der Waals surface area contributed by atoms with Crippen LogP contribution in [0, 0.1) is 0 Å². The van der Waals surface area contributed by atoms with E-state index in [2.05, 4.69) is 0 Å². The largest absolute Gasteiger partial charge is 0.418 e. The van der Waals surface area contributed by atoms with Crippen LogP contribution in [-0.4, -0.2) is 13.0 Å². The lowest BCUT2D eigenvalue weighted by atomic mass is 10.1. The number of nitrogens with zero attached hydrogens (tertiary/aromatic N) is 1. The minimum Gasteiger partial charge on any atom is -0.397 e. The molecule has 0 aliphatic heterocycles. The average molecular weight is 294 g/mol. The van der Waals surface area contributed by atoms with E-state index in [1.165, 1.54) is 19.2 Å². The van der Waals surface area contributed by atoms with Crippen molar-refractivity contribution in [2.75, 3.05) is 17.7 Å². The minimum atomic E-state index is -4.56. The molecule has 0 radical (unpaired) electrons. The number of nitrogens with two attached hydrogens (primary N) is 1. The molecule has 0 heterocycles. The first-order valence-electron chi connectivity index (χ1n) is 6.11. The molecular formula is C15H13F3N2O. The smallest absolute Gasteiger partial charge is 0.397 e. The summed E-state index contributed by atoms with van der Waals surface area (Å²) in [5.74, 6) is -0.429. The summed E-state index contributed by atoms with van der Waals surface area (Å²) in [6.45, 7) is 0. The minimum absolute atomic E-state index is 0.0266. The fraction of sp³-hybridized carbons (Fsp3) is 0.133. The van der Waals surface area contributed by atoms with Crippen molar-refractivity contribution in [2.24, 2.45) is 0 Å². The molecule has 0 fully saturated rings. The second-order valence-corrected chi connectivity index (χ2v) is 4.47. The molecule has 110 valence electrons. The van der Waals surface area contributed by atoms with Crippen LogP contribution in [0.15, 0.2) is 48.5 Å². The Morgan fingerprint density at radius 1 is 1.05 bits per heavy atom. The summed E-state index contributed by atoms with van der Waals surface area (Å²) >= 11 is 0. The fourth-order valence-corrected chi connectivity index (χ4v) is 1.98. The van der Waals surface area contributed by atoms with Crippen molar-refractivity contribution in [1.82, 2.24) is 0 Å². The lowest BCUT2D eigenvalue weighted by molar-refractivity contribution is -0.136. The number of carbonyl (C=O) groups is 1. The van der Waals surface area contributed by atoms with E-state index in [1.54, 1.807) is 30.3 Å². The third-order valence-electron chi connectivity index (χ3n) is 3.08. The highest BCUT2D eigenvalue weighted by Crippen LogP contribution is 2.38. The molecule has 0 unspecified atom stereocenters. The topological polar surface area (TPSA) is 46.3 Å². The number of hydrogen-bond donors (Lipinski definition) is 1. The quantitative estimate of drug-likeness (QED) is 0.861. The number of para-hydroxylation sites is 1. The monoisotopic (exact) mass is 294 g/mol. The highest BCUT2D eigenvalue weighted by atomic mass is 19.4. The number of rotatable bonds is 2. The van der Waals surface area contributed by atoms with Gasteiger partial charge < -0.3 is 10.6 Å². The van der Waals surface area contributed by atoms with Crippen LogP contribution in [0.4, 0.5) is 24.5 Å². The number of carbonyl (C=O) groups excluding carboxylic acids is 1. The van der Waals surface area contributed by atoms with E-state index < -0.39 is 23.3 Å². The summed E-state index contributed by atoms with van der Waals surface area (Å²) in [5, 5.41) is 0. The van der Waals surface area contributed by atoms with Gasteiger partial charge in [-0.2, -0.15) is 13.2 Å².